The van der Waals surface area contributed by atoms with E-state index in [0.717, 1.165) is 50.3 Å². The van der Waals surface area contributed by atoms with Crippen LogP contribution in [-0.2, 0) is 9.45 Å². The molecule has 0 aromatic heterocycles. The second-order valence-electron chi connectivity index (χ2n) is 6.82. The van der Waals surface area contributed by atoms with Crippen LogP contribution in [0.15, 0.2) is 24.3 Å². The Morgan fingerprint density at radius 1 is 1.29 bits per heavy atom. The van der Waals surface area contributed by atoms with Crippen LogP contribution < -0.4 is 0 Å². The first-order valence-electron chi connectivity index (χ1n) is 9.19. The monoisotopic (exact) mass is 349 g/mol. The number of unbranched alkanes of at least 4 members (excludes halogenated alkanes) is 1. The van der Waals surface area contributed by atoms with E-state index in [9.17, 15) is 4.79 Å². The highest BCUT2D eigenvalue weighted by Crippen LogP contribution is 2.29. The summed E-state index contributed by atoms with van der Waals surface area (Å²) in [4.78, 5) is 14.4. The number of hydrogen-bond acceptors (Lipinski definition) is 3. The molecule has 1 atom stereocenters. The molecule has 0 bridgehead atoms. The zero-order chi connectivity index (χ0) is 17.4. The van der Waals surface area contributed by atoms with Crippen LogP contribution in [0.4, 0.5) is 0 Å². The molecule has 132 valence electrons. The van der Waals surface area contributed by atoms with Gasteiger partial charge in [-0.05, 0) is 68.9 Å². The molecular weight excluding hydrogens is 320 g/mol. The average Bonchev–Trinajstić information content (AvgIpc) is 2.62. The fourth-order valence-electron chi connectivity index (χ4n) is 3.56. The summed E-state index contributed by atoms with van der Waals surface area (Å²) < 4.78 is 4.97. The molecule has 1 unspecified atom stereocenters. The van der Waals surface area contributed by atoms with E-state index in [-0.39, 0.29) is 11.9 Å². The second kappa shape index (κ2) is 10.1. The van der Waals surface area contributed by atoms with Gasteiger partial charge in [0, 0.05) is 5.02 Å². The molecule has 1 saturated heterocycles. The summed E-state index contributed by atoms with van der Waals surface area (Å²) in [6.45, 7) is 5.37. The smallest absolute Gasteiger partial charge is 0.325 e. The van der Waals surface area contributed by atoms with Crippen molar-refractivity contribution in [1.82, 2.24) is 4.90 Å². The van der Waals surface area contributed by atoms with Crippen LogP contribution in [0.3, 0.4) is 0 Å². The zero-order valence-corrected chi connectivity index (χ0v) is 15.7. The van der Waals surface area contributed by atoms with Gasteiger partial charge in [0.15, 0.2) is 0 Å². The molecule has 0 N–H and O–H groups in total. The molecule has 1 aliphatic rings. The van der Waals surface area contributed by atoms with Gasteiger partial charge in [0.1, 0.15) is 0 Å². The zero-order valence-electron chi connectivity index (χ0n) is 15.0. The minimum Gasteiger partial charge on any atom is -0.543 e. The third-order valence-corrected chi connectivity index (χ3v) is 5.42. The van der Waals surface area contributed by atoms with Crippen molar-refractivity contribution < 1.29 is 9.45 Å². The van der Waals surface area contributed by atoms with Crippen LogP contribution in [0, 0.1) is 5.92 Å². The molecule has 0 amide bonds. The lowest BCUT2D eigenvalue weighted by Crippen LogP contribution is -2.35. The highest BCUT2D eigenvalue weighted by atomic mass is 35.5. The van der Waals surface area contributed by atoms with E-state index in [4.69, 9.17) is 16.3 Å². The summed E-state index contributed by atoms with van der Waals surface area (Å²) in [5, 5.41) is 0.803. The van der Waals surface area contributed by atoms with Crippen molar-refractivity contribution in [1.29, 1.82) is 0 Å². The van der Waals surface area contributed by atoms with Crippen molar-refractivity contribution in [2.45, 2.75) is 51.4 Å². The Kier molecular flexibility index (Phi) is 8.13. The van der Waals surface area contributed by atoms with Crippen LogP contribution in [0.25, 0.3) is 0 Å². The van der Waals surface area contributed by atoms with E-state index in [1.165, 1.54) is 26.5 Å². The molecular formula is C19H29BClNO2. The number of rotatable bonds is 8. The summed E-state index contributed by atoms with van der Waals surface area (Å²) in [5.41, 5.74) is 1.40. The summed E-state index contributed by atoms with van der Waals surface area (Å²) in [5.74, 6) is 0.651. The van der Waals surface area contributed by atoms with Crippen molar-refractivity contribution in [3.8, 4) is 0 Å². The van der Waals surface area contributed by atoms with Gasteiger partial charge < -0.3 is 9.55 Å². The summed E-state index contributed by atoms with van der Waals surface area (Å²) >= 11 is 5.97. The maximum Gasteiger partial charge on any atom is 0.325 e. The molecule has 1 aromatic rings. The quantitative estimate of drug-likeness (QED) is 0.668. The number of halogens is 1. The van der Waals surface area contributed by atoms with Crippen molar-refractivity contribution in [2.24, 2.45) is 5.92 Å². The lowest BCUT2D eigenvalue weighted by Gasteiger charge is -2.33. The fraction of sp³-hybridized carbons (Fsp3) is 0.632. The Morgan fingerprint density at radius 2 is 1.96 bits per heavy atom. The lowest BCUT2D eigenvalue weighted by atomic mass is 9.89. The molecule has 0 radical (unpaired) electrons. The standard InChI is InChI=1S/C19H29BClNO2/c1-2-3-4-17(19(23)24-20)11-14-22-12-9-16(10-13-22)15-5-7-18(21)8-6-15/h5-8,16-17H,2-4,9-14,20H2,1H3. The molecule has 1 aliphatic heterocycles. The number of carbonyl (C=O) groups is 1. The first kappa shape index (κ1) is 19.3. The number of piperidine rings is 1. The molecule has 1 fully saturated rings. The van der Waals surface area contributed by atoms with Gasteiger partial charge in [-0.3, -0.25) is 4.79 Å². The molecule has 0 aliphatic carbocycles. The van der Waals surface area contributed by atoms with Gasteiger partial charge in [0.05, 0.1) is 5.92 Å². The van der Waals surface area contributed by atoms with Crippen LogP contribution in [-0.4, -0.2) is 38.6 Å². The Hall–Kier alpha value is -0.995. The van der Waals surface area contributed by atoms with Gasteiger partial charge in [0.25, 0.3) is 5.97 Å². The minimum absolute atomic E-state index is 0.0421. The van der Waals surface area contributed by atoms with Crippen molar-refractivity contribution in [3.63, 3.8) is 0 Å². The summed E-state index contributed by atoms with van der Waals surface area (Å²) in [7, 11) is 1.50. The van der Waals surface area contributed by atoms with E-state index in [0.29, 0.717) is 5.92 Å². The highest BCUT2D eigenvalue weighted by molar-refractivity contribution is 6.30. The normalized spacial score (nSPS) is 17.6. The van der Waals surface area contributed by atoms with Gasteiger partial charge >= 0.3 is 8.05 Å². The predicted molar refractivity (Wildman–Crippen MR) is 102 cm³/mol. The first-order chi connectivity index (χ1) is 11.6. The molecule has 3 nitrogen and oxygen atoms in total. The molecule has 0 spiro atoms. The summed E-state index contributed by atoms with van der Waals surface area (Å²) in [6, 6.07) is 8.28. The van der Waals surface area contributed by atoms with Gasteiger partial charge in [-0.15, -0.1) is 0 Å². The second-order valence-corrected chi connectivity index (χ2v) is 7.25. The van der Waals surface area contributed by atoms with Crippen molar-refractivity contribution >= 4 is 25.6 Å². The third kappa shape index (κ3) is 5.82. The molecule has 1 heterocycles. The van der Waals surface area contributed by atoms with E-state index in [2.05, 4.69) is 24.0 Å². The summed E-state index contributed by atoms with van der Waals surface area (Å²) in [6.07, 6.45) is 6.44. The fourth-order valence-corrected chi connectivity index (χ4v) is 3.69. The lowest BCUT2D eigenvalue weighted by molar-refractivity contribution is -0.139. The molecule has 24 heavy (non-hydrogen) atoms. The van der Waals surface area contributed by atoms with Gasteiger partial charge in [-0.2, -0.15) is 0 Å². The number of likely N-dealkylation sites (tertiary alicyclic amines) is 1. The van der Waals surface area contributed by atoms with Gasteiger partial charge in [-0.1, -0.05) is 43.5 Å². The predicted octanol–water partition coefficient (Wildman–Crippen LogP) is 3.81. The van der Waals surface area contributed by atoms with Crippen molar-refractivity contribution in [2.75, 3.05) is 19.6 Å². The Bertz CT molecular complexity index is 501. The highest BCUT2D eigenvalue weighted by Gasteiger charge is 2.23. The van der Waals surface area contributed by atoms with Crippen LogP contribution in [0.1, 0.15) is 56.9 Å². The molecule has 0 saturated carbocycles. The maximum atomic E-state index is 11.9. The Labute approximate surface area is 152 Å². The molecule has 5 heteroatoms. The number of nitrogens with zero attached hydrogens (tertiary/aromatic N) is 1. The van der Waals surface area contributed by atoms with E-state index in [1.54, 1.807) is 0 Å². The number of hydrogen-bond donors (Lipinski definition) is 0. The Balaban J connectivity index is 1.77. The van der Waals surface area contributed by atoms with E-state index >= 15 is 0 Å². The largest absolute Gasteiger partial charge is 0.543 e. The first-order valence-corrected chi connectivity index (χ1v) is 9.57. The van der Waals surface area contributed by atoms with E-state index in [1.807, 2.05) is 12.1 Å². The van der Waals surface area contributed by atoms with E-state index < -0.39 is 0 Å². The maximum absolute atomic E-state index is 11.9. The number of carbonyl (C=O) groups excluding carboxylic acids is 1. The topological polar surface area (TPSA) is 29.5 Å². The van der Waals surface area contributed by atoms with Crippen LogP contribution in [0.2, 0.25) is 5.02 Å². The third-order valence-electron chi connectivity index (χ3n) is 5.16. The van der Waals surface area contributed by atoms with Crippen molar-refractivity contribution in [3.05, 3.63) is 34.9 Å². The Morgan fingerprint density at radius 3 is 2.54 bits per heavy atom. The SMILES string of the molecule is BOC(=O)C(CCCC)CCN1CCC(c2ccc(Cl)cc2)CC1. The van der Waals surface area contributed by atoms with Gasteiger partial charge in [-0.25, -0.2) is 0 Å². The van der Waals surface area contributed by atoms with Crippen LogP contribution in [0.5, 0.6) is 0 Å². The molecule has 2 rings (SSSR count). The number of benzene rings is 1. The van der Waals surface area contributed by atoms with Gasteiger partial charge in [0.2, 0.25) is 0 Å². The van der Waals surface area contributed by atoms with Crippen LogP contribution >= 0.6 is 11.6 Å². The molecule has 1 aromatic carbocycles. The minimum atomic E-state index is -0.0421. The average molecular weight is 350 g/mol.